The van der Waals surface area contributed by atoms with Crippen LogP contribution in [0, 0.1) is 5.41 Å². The van der Waals surface area contributed by atoms with E-state index >= 15 is 0 Å². The van der Waals surface area contributed by atoms with Crippen LogP contribution in [-0.2, 0) is 0 Å². The number of amidine groups is 1. The third-order valence-corrected chi connectivity index (χ3v) is 2.44. The maximum absolute atomic E-state index is 11.5. The molecule has 4 N–H and O–H groups in total. The van der Waals surface area contributed by atoms with Crippen molar-refractivity contribution < 1.29 is 4.79 Å². The molecule has 0 heterocycles. The molecule has 0 unspecified atom stereocenters. The Morgan fingerprint density at radius 2 is 2.14 bits per heavy atom. The van der Waals surface area contributed by atoms with Gasteiger partial charge in [-0.15, -0.1) is 0 Å². The molecule has 1 aliphatic rings. The Bertz CT molecular complexity index is 223. The minimum absolute atomic E-state index is 0.00840. The Kier molecular flexibility index (Phi) is 3.73. The van der Waals surface area contributed by atoms with Crippen molar-refractivity contribution in [3.05, 3.63) is 0 Å². The molecule has 0 radical (unpaired) electrons. The van der Waals surface area contributed by atoms with Crippen LogP contribution in [0.2, 0.25) is 0 Å². The molecule has 0 atom stereocenters. The van der Waals surface area contributed by atoms with Crippen molar-refractivity contribution in [1.82, 2.24) is 10.2 Å². The lowest BCUT2D eigenvalue weighted by atomic mass is 10.2. The normalized spacial score (nSPS) is 16.6. The van der Waals surface area contributed by atoms with Gasteiger partial charge >= 0.3 is 6.03 Å². The minimum Gasteiger partial charge on any atom is -0.386 e. The van der Waals surface area contributed by atoms with Gasteiger partial charge in [-0.05, 0) is 12.8 Å². The highest BCUT2D eigenvalue weighted by Gasteiger charge is 2.18. The van der Waals surface area contributed by atoms with Gasteiger partial charge < -0.3 is 16.0 Å². The van der Waals surface area contributed by atoms with E-state index in [2.05, 4.69) is 5.32 Å². The molecule has 14 heavy (non-hydrogen) atoms. The van der Waals surface area contributed by atoms with Crippen LogP contribution in [0.15, 0.2) is 0 Å². The summed E-state index contributed by atoms with van der Waals surface area (Å²) in [6.45, 7) is 0.193. The van der Waals surface area contributed by atoms with Crippen LogP contribution in [-0.4, -0.2) is 36.4 Å². The van der Waals surface area contributed by atoms with Gasteiger partial charge in [0.15, 0.2) is 0 Å². The van der Waals surface area contributed by atoms with E-state index < -0.39 is 0 Å². The number of amides is 2. The van der Waals surface area contributed by atoms with Crippen LogP contribution in [0.5, 0.6) is 0 Å². The van der Waals surface area contributed by atoms with Crippen molar-refractivity contribution in [2.45, 2.75) is 31.7 Å². The predicted octanol–water partition coefficient (Wildman–Crippen LogP) is 0.506. The lowest BCUT2D eigenvalue weighted by molar-refractivity contribution is 0.210. The van der Waals surface area contributed by atoms with Crippen LogP contribution < -0.4 is 11.1 Å². The van der Waals surface area contributed by atoms with Crippen LogP contribution in [0.3, 0.4) is 0 Å². The summed E-state index contributed by atoms with van der Waals surface area (Å²) >= 11 is 0. The molecule has 0 spiro atoms. The summed E-state index contributed by atoms with van der Waals surface area (Å²) in [5, 5.41) is 9.98. The number of nitrogens with zero attached hydrogens (tertiary/aromatic N) is 1. The summed E-state index contributed by atoms with van der Waals surface area (Å²) in [5.74, 6) is 0.00840. The highest BCUT2D eigenvalue weighted by molar-refractivity contribution is 5.84. The van der Waals surface area contributed by atoms with E-state index in [4.69, 9.17) is 11.1 Å². The number of hydrogen-bond acceptors (Lipinski definition) is 2. The maximum Gasteiger partial charge on any atom is 0.317 e. The quantitative estimate of drug-likeness (QED) is 0.456. The average molecular weight is 198 g/mol. The summed E-state index contributed by atoms with van der Waals surface area (Å²) in [6.07, 6.45) is 4.53. The number of nitrogens with two attached hydrogens (primary N) is 1. The van der Waals surface area contributed by atoms with Crippen LogP contribution in [0.1, 0.15) is 25.7 Å². The van der Waals surface area contributed by atoms with Gasteiger partial charge in [0, 0.05) is 13.1 Å². The fourth-order valence-electron chi connectivity index (χ4n) is 1.68. The summed E-state index contributed by atoms with van der Waals surface area (Å²) in [4.78, 5) is 12.9. The first-order valence-electron chi connectivity index (χ1n) is 4.94. The van der Waals surface area contributed by atoms with Gasteiger partial charge in [0.1, 0.15) is 5.84 Å². The smallest absolute Gasteiger partial charge is 0.317 e. The molecule has 1 aliphatic carbocycles. The molecule has 0 aromatic heterocycles. The van der Waals surface area contributed by atoms with E-state index in [1.165, 1.54) is 17.7 Å². The van der Waals surface area contributed by atoms with Crippen LogP contribution in [0.4, 0.5) is 4.79 Å². The maximum atomic E-state index is 11.5. The third-order valence-electron chi connectivity index (χ3n) is 2.44. The zero-order valence-corrected chi connectivity index (χ0v) is 8.55. The SMILES string of the molecule is CN(CC(=N)N)C(=O)NC1CCCC1. The molecule has 1 saturated carbocycles. The molecule has 5 heteroatoms. The standard InChI is InChI=1S/C9H18N4O/c1-13(6-8(10)11)9(14)12-7-4-2-3-5-7/h7H,2-6H2,1H3,(H3,10,11)(H,12,14). The number of urea groups is 1. The Morgan fingerprint density at radius 3 is 2.64 bits per heavy atom. The number of likely N-dealkylation sites (N-methyl/N-ethyl adjacent to an activating group) is 1. The highest BCUT2D eigenvalue weighted by Crippen LogP contribution is 2.17. The highest BCUT2D eigenvalue weighted by atomic mass is 16.2. The first-order chi connectivity index (χ1) is 6.59. The van der Waals surface area contributed by atoms with Crippen molar-refractivity contribution in [2.75, 3.05) is 13.6 Å². The van der Waals surface area contributed by atoms with Crippen molar-refractivity contribution in [3.63, 3.8) is 0 Å². The number of carbonyl (C=O) groups excluding carboxylic acids is 1. The van der Waals surface area contributed by atoms with E-state index in [9.17, 15) is 4.79 Å². The minimum atomic E-state index is -0.132. The number of nitrogens with one attached hydrogen (secondary N) is 2. The molecular weight excluding hydrogens is 180 g/mol. The first kappa shape index (κ1) is 10.8. The van der Waals surface area contributed by atoms with Gasteiger partial charge in [-0.3, -0.25) is 5.41 Å². The number of carbonyl (C=O) groups is 1. The van der Waals surface area contributed by atoms with Gasteiger partial charge in [-0.25, -0.2) is 4.79 Å². The molecule has 2 amide bonds. The molecule has 0 aromatic rings. The van der Waals surface area contributed by atoms with Gasteiger partial charge in [0.25, 0.3) is 0 Å². The van der Waals surface area contributed by atoms with E-state index in [1.54, 1.807) is 7.05 Å². The second-order valence-corrected chi connectivity index (χ2v) is 3.81. The van der Waals surface area contributed by atoms with Gasteiger partial charge in [0.2, 0.25) is 0 Å². The third kappa shape index (κ3) is 3.24. The summed E-state index contributed by atoms with van der Waals surface area (Å²) in [5.41, 5.74) is 5.20. The molecule has 0 saturated heterocycles. The molecule has 80 valence electrons. The predicted molar refractivity (Wildman–Crippen MR) is 55.3 cm³/mol. The summed E-state index contributed by atoms with van der Waals surface area (Å²) in [6, 6.07) is 0.184. The topological polar surface area (TPSA) is 82.2 Å². The van der Waals surface area contributed by atoms with Crippen molar-refractivity contribution >= 4 is 11.9 Å². The van der Waals surface area contributed by atoms with E-state index in [0.29, 0.717) is 6.04 Å². The van der Waals surface area contributed by atoms with E-state index in [-0.39, 0.29) is 18.4 Å². The van der Waals surface area contributed by atoms with Gasteiger partial charge in [0.05, 0.1) is 6.54 Å². The Balaban J connectivity index is 2.29. The molecule has 0 bridgehead atoms. The van der Waals surface area contributed by atoms with Crippen molar-refractivity contribution in [1.29, 1.82) is 5.41 Å². The van der Waals surface area contributed by atoms with Gasteiger partial charge in [-0.2, -0.15) is 0 Å². The molecule has 0 aliphatic heterocycles. The lowest BCUT2D eigenvalue weighted by Crippen LogP contribution is -2.44. The van der Waals surface area contributed by atoms with Crippen LogP contribution in [0.25, 0.3) is 0 Å². The Morgan fingerprint density at radius 1 is 1.57 bits per heavy atom. The molecule has 5 nitrogen and oxygen atoms in total. The molecule has 1 rings (SSSR count). The fraction of sp³-hybridized carbons (Fsp3) is 0.778. The van der Waals surface area contributed by atoms with Crippen molar-refractivity contribution in [2.24, 2.45) is 5.73 Å². The second kappa shape index (κ2) is 4.83. The zero-order chi connectivity index (χ0) is 10.6. The fourth-order valence-corrected chi connectivity index (χ4v) is 1.68. The van der Waals surface area contributed by atoms with Crippen molar-refractivity contribution in [3.8, 4) is 0 Å². The summed E-state index contributed by atoms with van der Waals surface area (Å²) < 4.78 is 0. The average Bonchev–Trinajstić information content (AvgIpc) is 2.55. The van der Waals surface area contributed by atoms with Gasteiger partial charge in [-0.1, -0.05) is 12.8 Å². The Labute approximate surface area is 84.1 Å². The monoisotopic (exact) mass is 198 g/mol. The summed E-state index contributed by atoms with van der Waals surface area (Å²) in [7, 11) is 1.64. The molecule has 1 fully saturated rings. The van der Waals surface area contributed by atoms with E-state index in [1.807, 2.05) is 0 Å². The number of rotatable bonds is 3. The lowest BCUT2D eigenvalue weighted by Gasteiger charge is -2.20. The number of hydrogen-bond donors (Lipinski definition) is 3. The zero-order valence-electron chi connectivity index (χ0n) is 8.55. The molecular formula is C9H18N4O. The van der Waals surface area contributed by atoms with Crippen LogP contribution >= 0.6 is 0 Å². The Hall–Kier alpha value is -1.26. The first-order valence-corrected chi connectivity index (χ1v) is 4.94. The largest absolute Gasteiger partial charge is 0.386 e. The van der Waals surface area contributed by atoms with E-state index in [0.717, 1.165) is 12.8 Å². The second-order valence-electron chi connectivity index (χ2n) is 3.81. The molecule has 0 aromatic carbocycles.